The number of nitrogens with one attached hydrogen (secondary N) is 2. The Kier molecular flexibility index (Phi) is 4.97. The van der Waals surface area contributed by atoms with Gasteiger partial charge in [0.1, 0.15) is 17.2 Å². The van der Waals surface area contributed by atoms with Gasteiger partial charge in [0, 0.05) is 24.8 Å². The lowest BCUT2D eigenvalue weighted by Gasteiger charge is -2.10. The number of carbonyl (C=O) groups is 1. The SMILES string of the molecule is O=C(NCCc1nc2cccnc2n1-c1ccccc1)Nc1ccccc1F. The number of halogens is 1. The van der Waals surface area contributed by atoms with Crippen molar-refractivity contribution in [2.75, 3.05) is 11.9 Å². The molecule has 140 valence electrons. The minimum atomic E-state index is -0.477. The molecule has 28 heavy (non-hydrogen) atoms. The van der Waals surface area contributed by atoms with E-state index in [4.69, 9.17) is 0 Å². The number of hydrogen-bond donors (Lipinski definition) is 2. The number of pyridine rings is 1. The van der Waals surface area contributed by atoms with Crippen molar-refractivity contribution >= 4 is 22.9 Å². The summed E-state index contributed by atoms with van der Waals surface area (Å²) in [6.45, 7) is 0.344. The van der Waals surface area contributed by atoms with Crippen molar-refractivity contribution in [3.63, 3.8) is 0 Å². The van der Waals surface area contributed by atoms with Gasteiger partial charge in [-0.25, -0.2) is 19.2 Å². The molecular formula is C21H18FN5O. The molecule has 4 rings (SSSR count). The van der Waals surface area contributed by atoms with Crippen LogP contribution in [0.25, 0.3) is 16.9 Å². The molecule has 0 radical (unpaired) electrons. The Balaban J connectivity index is 1.49. The zero-order valence-electron chi connectivity index (χ0n) is 15.0. The van der Waals surface area contributed by atoms with Gasteiger partial charge in [-0.1, -0.05) is 30.3 Å². The number of nitrogens with zero attached hydrogens (tertiary/aromatic N) is 3. The number of hydrogen-bond acceptors (Lipinski definition) is 3. The topological polar surface area (TPSA) is 71.8 Å². The predicted molar refractivity (Wildman–Crippen MR) is 106 cm³/mol. The molecule has 0 unspecified atom stereocenters. The van der Waals surface area contributed by atoms with E-state index in [-0.39, 0.29) is 5.69 Å². The normalized spacial score (nSPS) is 10.8. The zero-order valence-corrected chi connectivity index (χ0v) is 15.0. The summed E-state index contributed by atoms with van der Waals surface area (Å²) in [6, 6.07) is 19.1. The fourth-order valence-corrected chi connectivity index (χ4v) is 2.99. The molecular weight excluding hydrogens is 357 g/mol. The third-order valence-corrected chi connectivity index (χ3v) is 4.26. The van der Waals surface area contributed by atoms with Gasteiger partial charge in [-0.15, -0.1) is 0 Å². The second-order valence-corrected chi connectivity index (χ2v) is 6.16. The molecule has 0 aliphatic carbocycles. The number of fused-ring (bicyclic) bond motifs is 1. The summed E-state index contributed by atoms with van der Waals surface area (Å²) in [7, 11) is 0. The molecule has 0 saturated carbocycles. The standard InChI is InChI=1S/C21H18FN5O/c22-16-9-4-5-10-17(16)26-21(28)24-14-12-19-25-18-11-6-13-23-20(18)27(19)15-7-2-1-3-8-15/h1-11,13H,12,14H2,(H2,24,26,28). The fourth-order valence-electron chi connectivity index (χ4n) is 2.99. The lowest BCUT2D eigenvalue weighted by Crippen LogP contribution is -2.31. The van der Waals surface area contributed by atoms with Crippen LogP contribution in [-0.4, -0.2) is 27.1 Å². The van der Waals surface area contributed by atoms with Crippen LogP contribution >= 0.6 is 0 Å². The van der Waals surface area contributed by atoms with Crippen LogP contribution in [0.3, 0.4) is 0 Å². The second-order valence-electron chi connectivity index (χ2n) is 6.16. The van der Waals surface area contributed by atoms with Gasteiger partial charge in [-0.2, -0.15) is 0 Å². The van der Waals surface area contributed by atoms with Crippen molar-refractivity contribution in [2.45, 2.75) is 6.42 Å². The molecule has 6 nitrogen and oxygen atoms in total. The molecule has 7 heteroatoms. The number of para-hydroxylation sites is 2. The summed E-state index contributed by atoms with van der Waals surface area (Å²) in [5.74, 6) is 0.306. The third-order valence-electron chi connectivity index (χ3n) is 4.26. The van der Waals surface area contributed by atoms with Crippen LogP contribution < -0.4 is 10.6 Å². The van der Waals surface area contributed by atoms with Gasteiger partial charge in [0.2, 0.25) is 0 Å². The summed E-state index contributed by atoms with van der Waals surface area (Å²) < 4.78 is 15.6. The molecule has 0 fully saturated rings. The molecule has 2 amide bonds. The van der Waals surface area contributed by atoms with Gasteiger partial charge < -0.3 is 10.6 Å². The molecule has 2 aromatic carbocycles. The number of rotatable bonds is 5. The van der Waals surface area contributed by atoms with Crippen LogP contribution in [0.2, 0.25) is 0 Å². The Bertz CT molecular complexity index is 1110. The van der Waals surface area contributed by atoms with Crippen molar-refractivity contribution in [2.24, 2.45) is 0 Å². The first-order valence-electron chi connectivity index (χ1n) is 8.89. The van der Waals surface area contributed by atoms with E-state index in [0.29, 0.717) is 13.0 Å². The van der Waals surface area contributed by atoms with Crippen molar-refractivity contribution in [1.82, 2.24) is 19.9 Å². The predicted octanol–water partition coefficient (Wildman–Crippen LogP) is 3.92. The third kappa shape index (κ3) is 3.68. The number of aromatic nitrogens is 3. The molecule has 2 aromatic heterocycles. The quantitative estimate of drug-likeness (QED) is 0.555. The summed E-state index contributed by atoms with van der Waals surface area (Å²) in [5, 5.41) is 5.24. The van der Waals surface area contributed by atoms with E-state index in [9.17, 15) is 9.18 Å². The largest absolute Gasteiger partial charge is 0.337 e. The average molecular weight is 375 g/mol. The number of carbonyl (C=O) groups excluding carboxylic acids is 1. The summed E-state index contributed by atoms with van der Waals surface area (Å²) >= 11 is 0. The van der Waals surface area contributed by atoms with Gasteiger partial charge in [0.05, 0.1) is 5.69 Å². The molecule has 0 atom stereocenters. The highest BCUT2D eigenvalue weighted by molar-refractivity contribution is 5.89. The number of urea groups is 1. The van der Waals surface area contributed by atoms with Crippen LogP contribution in [0, 0.1) is 5.82 Å². The highest BCUT2D eigenvalue weighted by Crippen LogP contribution is 2.20. The number of imidazole rings is 1. The Morgan fingerprint density at radius 2 is 1.79 bits per heavy atom. The van der Waals surface area contributed by atoms with Crippen LogP contribution in [-0.2, 0) is 6.42 Å². The van der Waals surface area contributed by atoms with E-state index in [0.717, 1.165) is 22.7 Å². The minimum absolute atomic E-state index is 0.140. The Morgan fingerprint density at radius 1 is 1.00 bits per heavy atom. The van der Waals surface area contributed by atoms with E-state index in [1.807, 2.05) is 47.0 Å². The van der Waals surface area contributed by atoms with Gasteiger partial charge in [0.15, 0.2) is 5.65 Å². The van der Waals surface area contributed by atoms with E-state index in [1.54, 1.807) is 18.3 Å². The lowest BCUT2D eigenvalue weighted by atomic mass is 10.3. The smallest absolute Gasteiger partial charge is 0.319 e. The number of benzene rings is 2. The molecule has 0 saturated heterocycles. The summed E-state index contributed by atoms with van der Waals surface area (Å²) in [5.41, 5.74) is 2.65. The monoisotopic (exact) mass is 375 g/mol. The van der Waals surface area contributed by atoms with Crippen molar-refractivity contribution in [3.05, 3.63) is 84.6 Å². The van der Waals surface area contributed by atoms with Crippen molar-refractivity contribution in [3.8, 4) is 5.69 Å². The maximum Gasteiger partial charge on any atom is 0.319 e. The molecule has 2 N–H and O–H groups in total. The number of amides is 2. The lowest BCUT2D eigenvalue weighted by molar-refractivity contribution is 0.252. The summed E-state index contributed by atoms with van der Waals surface area (Å²) in [6.07, 6.45) is 2.23. The van der Waals surface area contributed by atoms with E-state index in [2.05, 4.69) is 20.6 Å². The van der Waals surface area contributed by atoms with E-state index < -0.39 is 11.8 Å². The van der Waals surface area contributed by atoms with Crippen molar-refractivity contribution < 1.29 is 9.18 Å². The first-order valence-corrected chi connectivity index (χ1v) is 8.89. The first kappa shape index (κ1) is 17.7. The van der Waals surface area contributed by atoms with Crippen LogP contribution in [0.5, 0.6) is 0 Å². The second kappa shape index (κ2) is 7.87. The minimum Gasteiger partial charge on any atom is -0.337 e. The molecule has 0 bridgehead atoms. The average Bonchev–Trinajstić information content (AvgIpc) is 3.08. The van der Waals surface area contributed by atoms with Gasteiger partial charge >= 0.3 is 6.03 Å². The molecule has 0 spiro atoms. The molecule has 2 heterocycles. The summed E-state index contributed by atoms with van der Waals surface area (Å²) in [4.78, 5) is 21.2. The molecule has 0 aliphatic heterocycles. The van der Waals surface area contributed by atoms with E-state index >= 15 is 0 Å². The van der Waals surface area contributed by atoms with Gasteiger partial charge in [-0.05, 0) is 36.4 Å². The Hall–Kier alpha value is -3.74. The maximum atomic E-state index is 13.6. The van der Waals surface area contributed by atoms with Crippen LogP contribution in [0.15, 0.2) is 72.9 Å². The molecule has 4 aromatic rings. The zero-order chi connectivity index (χ0) is 19.3. The Labute approximate surface area is 161 Å². The number of anilines is 1. The molecule has 0 aliphatic rings. The highest BCUT2D eigenvalue weighted by atomic mass is 19.1. The van der Waals surface area contributed by atoms with Gasteiger partial charge in [-0.3, -0.25) is 4.57 Å². The first-order chi connectivity index (χ1) is 13.7. The highest BCUT2D eigenvalue weighted by Gasteiger charge is 2.13. The van der Waals surface area contributed by atoms with Crippen LogP contribution in [0.4, 0.5) is 14.9 Å². The van der Waals surface area contributed by atoms with Crippen molar-refractivity contribution in [1.29, 1.82) is 0 Å². The van der Waals surface area contributed by atoms with E-state index in [1.165, 1.54) is 12.1 Å². The van der Waals surface area contributed by atoms with Crippen LogP contribution in [0.1, 0.15) is 5.82 Å². The maximum absolute atomic E-state index is 13.6. The Morgan fingerprint density at radius 3 is 2.61 bits per heavy atom. The fraction of sp³-hybridized carbons (Fsp3) is 0.0952. The van der Waals surface area contributed by atoms with Gasteiger partial charge in [0.25, 0.3) is 0 Å².